The second-order valence-electron chi connectivity index (χ2n) is 9.19. The molecule has 30 heavy (non-hydrogen) atoms. The zero-order valence-electron chi connectivity index (χ0n) is 18.3. The molecule has 5 N–H and O–H groups in total. The molecule has 7 heteroatoms. The van der Waals surface area contributed by atoms with Gasteiger partial charge in [-0.05, 0) is 56.7 Å². The molecule has 1 aliphatic carbocycles. The van der Waals surface area contributed by atoms with Gasteiger partial charge in [0, 0.05) is 31.2 Å². The molecule has 5 unspecified atom stereocenters. The molecular formula is C23H35N5O2. The molecule has 4 rings (SSSR count). The molecule has 164 valence electrons. The van der Waals surface area contributed by atoms with E-state index in [9.17, 15) is 9.90 Å². The predicted octanol–water partition coefficient (Wildman–Crippen LogP) is 1.18. The standard InChI is InChI=1S/C23H35N5O2/c1-4-19(24)27-20-14(2)25-13-28-12-18(21(29)23(20,28)3)26-22(30)17-11-7-9-15-8-5-6-10-16(15)17/h7,9,11,14,18,20-21,25,29H,4-6,8,10,12-13H2,1-3H3,(H2,24,27)(H,26,30). The molecule has 5 atom stereocenters. The fraction of sp³-hybridized carbons (Fsp3) is 0.652. The van der Waals surface area contributed by atoms with Gasteiger partial charge in [0.15, 0.2) is 0 Å². The Bertz CT molecular complexity index is 841. The van der Waals surface area contributed by atoms with Crippen LogP contribution in [0.4, 0.5) is 0 Å². The summed E-state index contributed by atoms with van der Waals surface area (Å²) in [5.41, 5.74) is 8.69. The molecule has 0 spiro atoms. The highest BCUT2D eigenvalue weighted by Gasteiger charge is 2.58. The van der Waals surface area contributed by atoms with E-state index in [2.05, 4.69) is 28.5 Å². The smallest absolute Gasteiger partial charge is 0.251 e. The highest BCUT2D eigenvalue weighted by Crippen LogP contribution is 2.38. The number of aryl methyl sites for hydroxylation is 1. The van der Waals surface area contributed by atoms with E-state index in [-0.39, 0.29) is 24.0 Å². The summed E-state index contributed by atoms with van der Waals surface area (Å²) in [6, 6.07) is 5.56. The molecule has 0 bridgehead atoms. The van der Waals surface area contributed by atoms with Crippen molar-refractivity contribution >= 4 is 11.7 Å². The number of amides is 1. The normalized spacial score (nSPS) is 34.3. The minimum atomic E-state index is -0.732. The van der Waals surface area contributed by atoms with E-state index >= 15 is 0 Å². The Balaban J connectivity index is 1.57. The number of carbonyl (C=O) groups is 1. The lowest BCUT2D eigenvalue weighted by Gasteiger charge is -2.49. The molecule has 7 nitrogen and oxygen atoms in total. The minimum Gasteiger partial charge on any atom is -0.389 e. The SMILES string of the molecule is CCC(N)=NC1C(C)NCN2CC(NC(=O)c3cccc4c3CCCC4)C(O)C12C. The van der Waals surface area contributed by atoms with Crippen LogP contribution in [0.3, 0.4) is 0 Å². The van der Waals surface area contributed by atoms with E-state index in [1.807, 2.05) is 26.0 Å². The molecule has 1 aromatic carbocycles. The summed E-state index contributed by atoms with van der Waals surface area (Å²) < 4.78 is 0. The lowest BCUT2D eigenvalue weighted by molar-refractivity contribution is -0.0193. The number of fused-ring (bicyclic) bond motifs is 2. The van der Waals surface area contributed by atoms with Gasteiger partial charge in [-0.3, -0.25) is 20.0 Å². The number of aliphatic hydroxyl groups is 1. The van der Waals surface area contributed by atoms with Crippen LogP contribution in [-0.2, 0) is 12.8 Å². The molecule has 0 aromatic heterocycles. The van der Waals surface area contributed by atoms with Crippen molar-refractivity contribution in [3.63, 3.8) is 0 Å². The number of aliphatic imine (C=N–C) groups is 1. The van der Waals surface area contributed by atoms with Crippen LogP contribution in [0, 0.1) is 0 Å². The number of amidine groups is 1. The Kier molecular flexibility index (Phi) is 5.88. The van der Waals surface area contributed by atoms with Crippen molar-refractivity contribution in [2.24, 2.45) is 10.7 Å². The topological polar surface area (TPSA) is 103 Å². The van der Waals surface area contributed by atoms with Crippen LogP contribution >= 0.6 is 0 Å². The van der Waals surface area contributed by atoms with E-state index < -0.39 is 11.6 Å². The van der Waals surface area contributed by atoms with Crippen molar-refractivity contribution in [1.29, 1.82) is 0 Å². The Morgan fingerprint density at radius 2 is 2.17 bits per heavy atom. The highest BCUT2D eigenvalue weighted by atomic mass is 16.3. The first kappa shape index (κ1) is 21.3. The fourth-order valence-corrected chi connectivity index (χ4v) is 5.47. The quantitative estimate of drug-likeness (QED) is 0.439. The number of nitrogens with two attached hydrogens (primary N) is 1. The Morgan fingerprint density at radius 1 is 1.40 bits per heavy atom. The lowest BCUT2D eigenvalue weighted by atomic mass is 9.81. The molecule has 2 saturated heterocycles. The second-order valence-corrected chi connectivity index (χ2v) is 9.19. The number of hydrogen-bond donors (Lipinski definition) is 4. The van der Waals surface area contributed by atoms with Gasteiger partial charge in [-0.2, -0.15) is 0 Å². The largest absolute Gasteiger partial charge is 0.389 e. The lowest BCUT2D eigenvalue weighted by Crippen LogP contribution is -2.68. The van der Waals surface area contributed by atoms with Crippen LogP contribution in [-0.4, -0.2) is 64.7 Å². The summed E-state index contributed by atoms with van der Waals surface area (Å²) >= 11 is 0. The molecule has 0 radical (unpaired) electrons. The zero-order valence-corrected chi connectivity index (χ0v) is 18.3. The maximum Gasteiger partial charge on any atom is 0.251 e. The molecule has 1 aromatic rings. The van der Waals surface area contributed by atoms with Gasteiger partial charge in [-0.1, -0.05) is 19.1 Å². The Hall–Kier alpha value is -1.96. The van der Waals surface area contributed by atoms with Gasteiger partial charge in [0.1, 0.15) is 0 Å². The predicted molar refractivity (Wildman–Crippen MR) is 119 cm³/mol. The first-order valence-corrected chi connectivity index (χ1v) is 11.3. The van der Waals surface area contributed by atoms with Crippen molar-refractivity contribution in [2.75, 3.05) is 13.2 Å². The number of nitrogens with zero attached hydrogens (tertiary/aromatic N) is 2. The summed E-state index contributed by atoms with van der Waals surface area (Å²) in [5, 5.41) is 18.0. The van der Waals surface area contributed by atoms with Crippen LogP contribution in [0.25, 0.3) is 0 Å². The van der Waals surface area contributed by atoms with E-state index in [0.29, 0.717) is 25.5 Å². The summed E-state index contributed by atoms with van der Waals surface area (Å²) in [7, 11) is 0. The number of hydrogen-bond acceptors (Lipinski definition) is 5. The Labute approximate surface area is 179 Å². The van der Waals surface area contributed by atoms with E-state index in [0.717, 1.165) is 24.8 Å². The monoisotopic (exact) mass is 413 g/mol. The Morgan fingerprint density at radius 3 is 2.93 bits per heavy atom. The van der Waals surface area contributed by atoms with Gasteiger partial charge in [-0.15, -0.1) is 0 Å². The summed E-state index contributed by atoms with van der Waals surface area (Å²) in [5.74, 6) is 0.503. The van der Waals surface area contributed by atoms with E-state index in [4.69, 9.17) is 10.7 Å². The number of rotatable bonds is 4. The summed E-state index contributed by atoms with van der Waals surface area (Å²) in [6.45, 7) is 7.34. The third-order valence-corrected chi connectivity index (χ3v) is 7.38. The van der Waals surface area contributed by atoms with Crippen LogP contribution in [0.2, 0.25) is 0 Å². The van der Waals surface area contributed by atoms with E-state index in [1.165, 1.54) is 17.5 Å². The average Bonchev–Trinajstić information content (AvgIpc) is 3.00. The second kappa shape index (κ2) is 8.29. The molecule has 2 aliphatic heterocycles. The van der Waals surface area contributed by atoms with Gasteiger partial charge in [0.2, 0.25) is 0 Å². The molecule has 0 saturated carbocycles. The molecule has 2 heterocycles. The van der Waals surface area contributed by atoms with Gasteiger partial charge in [-0.25, -0.2) is 0 Å². The van der Waals surface area contributed by atoms with Crippen LogP contribution < -0.4 is 16.4 Å². The van der Waals surface area contributed by atoms with Crippen molar-refractivity contribution in [2.45, 2.75) is 82.6 Å². The number of nitrogens with one attached hydrogen (secondary N) is 2. The summed E-state index contributed by atoms with van der Waals surface area (Å²) in [4.78, 5) is 20.1. The highest BCUT2D eigenvalue weighted by molar-refractivity contribution is 5.96. The number of aliphatic hydroxyl groups excluding tert-OH is 1. The van der Waals surface area contributed by atoms with Crippen molar-refractivity contribution < 1.29 is 9.90 Å². The van der Waals surface area contributed by atoms with Crippen molar-refractivity contribution in [3.8, 4) is 0 Å². The summed E-state index contributed by atoms with van der Waals surface area (Å²) in [6.07, 6.45) is 4.23. The van der Waals surface area contributed by atoms with Crippen LogP contribution in [0.15, 0.2) is 23.2 Å². The van der Waals surface area contributed by atoms with Crippen LogP contribution in [0.5, 0.6) is 0 Å². The molecule has 2 fully saturated rings. The van der Waals surface area contributed by atoms with Gasteiger partial charge in [0.25, 0.3) is 5.91 Å². The van der Waals surface area contributed by atoms with Gasteiger partial charge in [0.05, 0.1) is 29.6 Å². The fourth-order valence-electron chi connectivity index (χ4n) is 5.47. The number of benzene rings is 1. The molecule has 1 amide bonds. The average molecular weight is 414 g/mol. The molecular weight excluding hydrogens is 378 g/mol. The first-order valence-electron chi connectivity index (χ1n) is 11.3. The third-order valence-electron chi connectivity index (χ3n) is 7.38. The number of carbonyl (C=O) groups excluding carboxylic acids is 1. The van der Waals surface area contributed by atoms with Crippen molar-refractivity contribution in [3.05, 3.63) is 34.9 Å². The molecule has 3 aliphatic rings. The van der Waals surface area contributed by atoms with E-state index in [1.54, 1.807) is 0 Å². The maximum absolute atomic E-state index is 13.2. The van der Waals surface area contributed by atoms with Gasteiger partial charge < -0.3 is 16.2 Å². The van der Waals surface area contributed by atoms with Crippen molar-refractivity contribution in [1.82, 2.24) is 15.5 Å². The third kappa shape index (κ3) is 3.53. The van der Waals surface area contributed by atoms with Gasteiger partial charge >= 0.3 is 0 Å². The zero-order chi connectivity index (χ0) is 21.5. The maximum atomic E-state index is 13.2. The minimum absolute atomic E-state index is 0.0848. The van der Waals surface area contributed by atoms with Crippen LogP contribution in [0.1, 0.15) is 61.5 Å². The first-order chi connectivity index (χ1) is 14.4.